The maximum absolute atomic E-state index is 10.6. The maximum Gasteiger partial charge on any atom is 0.221 e. The molecular weight excluding hydrogens is 342 g/mol. The van der Waals surface area contributed by atoms with Gasteiger partial charge in [0.1, 0.15) is 6.33 Å². The molecule has 0 aliphatic rings. The molecule has 0 bridgehead atoms. The minimum atomic E-state index is 0.154. The molecule has 8 heteroatoms. The van der Waals surface area contributed by atoms with Crippen LogP contribution in [0.15, 0.2) is 42.9 Å². The number of carbonyl (C=O) groups is 1. The largest absolute Gasteiger partial charge is 0.481 e. The monoisotopic (exact) mass is 359 g/mol. The molecule has 0 aliphatic heterocycles. The van der Waals surface area contributed by atoms with Crippen LogP contribution in [0.2, 0.25) is 5.02 Å². The molecule has 0 unspecified atom stereocenters. The summed E-state index contributed by atoms with van der Waals surface area (Å²) in [5, 5.41) is 4.68. The van der Waals surface area contributed by atoms with Gasteiger partial charge in [0.25, 0.3) is 0 Å². The molecule has 2 aromatic heterocycles. The van der Waals surface area contributed by atoms with E-state index in [1.807, 2.05) is 30.3 Å². The molecule has 0 atom stereocenters. The zero-order valence-electron chi connectivity index (χ0n) is 13.9. The number of hydrogen-bond acceptors (Lipinski definition) is 6. The van der Waals surface area contributed by atoms with E-state index >= 15 is 0 Å². The topological polar surface area (TPSA) is 95.9 Å². The molecule has 1 aromatic carbocycles. The quantitative estimate of drug-likeness (QED) is 0.703. The van der Waals surface area contributed by atoms with Crippen molar-refractivity contribution in [1.82, 2.24) is 19.7 Å². The van der Waals surface area contributed by atoms with Gasteiger partial charge in [-0.05, 0) is 36.4 Å². The summed E-state index contributed by atoms with van der Waals surface area (Å²) in [6, 6.07) is 9.43. The summed E-state index contributed by atoms with van der Waals surface area (Å²) >= 11 is 6.06. The highest BCUT2D eigenvalue weighted by molar-refractivity contribution is 6.30. The predicted octanol–water partition coefficient (Wildman–Crippen LogP) is 2.44. The molecule has 0 saturated carbocycles. The summed E-state index contributed by atoms with van der Waals surface area (Å²) in [5.74, 6) is 0.671. The number of nitrogens with zero attached hydrogens (tertiary/aromatic N) is 4. The first-order valence-corrected chi connectivity index (χ1v) is 7.78. The lowest BCUT2D eigenvalue weighted by Crippen LogP contribution is -2.03. The van der Waals surface area contributed by atoms with Gasteiger partial charge in [-0.3, -0.25) is 4.79 Å². The van der Waals surface area contributed by atoms with Crippen molar-refractivity contribution < 1.29 is 9.53 Å². The number of benzene rings is 1. The SMILES string of the molecule is CN.COc1ncc(Cn2cnc(C=O)n2)cc1-c1cccc(Cl)c1. The van der Waals surface area contributed by atoms with Gasteiger partial charge in [-0.1, -0.05) is 23.7 Å². The molecule has 7 nitrogen and oxygen atoms in total. The van der Waals surface area contributed by atoms with Gasteiger partial charge in [-0.15, -0.1) is 5.10 Å². The molecule has 0 amide bonds. The number of aromatic nitrogens is 4. The summed E-state index contributed by atoms with van der Waals surface area (Å²) in [7, 11) is 3.07. The van der Waals surface area contributed by atoms with Crippen LogP contribution in [0.1, 0.15) is 16.2 Å². The molecule has 130 valence electrons. The van der Waals surface area contributed by atoms with Gasteiger partial charge in [0.05, 0.1) is 13.7 Å². The van der Waals surface area contributed by atoms with Crippen LogP contribution < -0.4 is 10.5 Å². The van der Waals surface area contributed by atoms with E-state index in [4.69, 9.17) is 16.3 Å². The molecule has 25 heavy (non-hydrogen) atoms. The summed E-state index contributed by atoms with van der Waals surface area (Å²) in [6.07, 6.45) is 3.82. The second-order valence-corrected chi connectivity index (χ2v) is 5.27. The first kappa shape index (κ1) is 18.6. The van der Waals surface area contributed by atoms with Crippen LogP contribution in [0, 0.1) is 0 Å². The number of ether oxygens (including phenoxy) is 1. The zero-order valence-corrected chi connectivity index (χ0v) is 14.6. The number of nitrogens with two attached hydrogens (primary N) is 1. The minimum absolute atomic E-state index is 0.154. The molecule has 3 rings (SSSR count). The van der Waals surface area contributed by atoms with Crippen LogP contribution in [-0.4, -0.2) is 40.2 Å². The van der Waals surface area contributed by atoms with E-state index in [0.29, 0.717) is 23.7 Å². The lowest BCUT2D eigenvalue weighted by Gasteiger charge is -2.10. The fraction of sp³-hybridized carbons (Fsp3) is 0.176. The van der Waals surface area contributed by atoms with Crippen LogP contribution in [-0.2, 0) is 6.54 Å². The number of methoxy groups -OCH3 is 1. The van der Waals surface area contributed by atoms with E-state index in [2.05, 4.69) is 20.8 Å². The maximum atomic E-state index is 10.6. The average Bonchev–Trinajstić information content (AvgIpc) is 3.11. The van der Waals surface area contributed by atoms with Crippen LogP contribution in [0.25, 0.3) is 11.1 Å². The predicted molar refractivity (Wildman–Crippen MR) is 95.9 cm³/mol. The molecule has 0 fully saturated rings. The van der Waals surface area contributed by atoms with Gasteiger partial charge in [-0.25, -0.2) is 14.6 Å². The normalized spacial score (nSPS) is 9.92. The van der Waals surface area contributed by atoms with Gasteiger partial charge < -0.3 is 10.5 Å². The van der Waals surface area contributed by atoms with E-state index in [0.717, 1.165) is 16.7 Å². The van der Waals surface area contributed by atoms with Gasteiger partial charge in [0.2, 0.25) is 11.7 Å². The minimum Gasteiger partial charge on any atom is -0.481 e. The molecule has 2 heterocycles. The molecule has 2 N–H and O–H groups in total. The fourth-order valence-corrected chi connectivity index (χ4v) is 2.42. The second-order valence-electron chi connectivity index (χ2n) is 4.83. The van der Waals surface area contributed by atoms with Crippen molar-refractivity contribution in [3.63, 3.8) is 0 Å². The first-order valence-electron chi connectivity index (χ1n) is 7.41. The van der Waals surface area contributed by atoms with Crippen molar-refractivity contribution in [3.05, 3.63) is 59.3 Å². The lowest BCUT2D eigenvalue weighted by atomic mass is 10.1. The Morgan fingerprint density at radius 3 is 2.72 bits per heavy atom. The Balaban J connectivity index is 0.00000109. The Morgan fingerprint density at radius 2 is 2.08 bits per heavy atom. The van der Waals surface area contributed by atoms with Gasteiger partial charge in [-0.2, -0.15) is 0 Å². The third-order valence-corrected chi connectivity index (χ3v) is 3.48. The first-order chi connectivity index (χ1) is 12.2. The van der Waals surface area contributed by atoms with Gasteiger partial charge in [0, 0.05) is 16.8 Å². The van der Waals surface area contributed by atoms with E-state index in [1.165, 1.54) is 13.4 Å². The number of carbonyl (C=O) groups excluding carboxylic acids is 1. The summed E-state index contributed by atoms with van der Waals surface area (Å²) < 4.78 is 6.91. The smallest absolute Gasteiger partial charge is 0.221 e. The van der Waals surface area contributed by atoms with Crippen molar-refractivity contribution in [2.75, 3.05) is 14.2 Å². The summed E-state index contributed by atoms with van der Waals surface area (Å²) in [5.41, 5.74) is 7.15. The van der Waals surface area contributed by atoms with Crippen molar-refractivity contribution in [2.24, 2.45) is 5.73 Å². The van der Waals surface area contributed by atoms with Crippen LogP contribution >= 0.6 is 11.6 Å². The van der Waals surface area contributed by atoms with Crippen LogP contribution in [0.3, 0.4) is 0 Å². The van der Waals surface area contributed by atoms with Crippen molar-refractivity contribution >= 4 is 17.9 Å². The Morgan fingerprint density at radius 1 is 1.28 bits per heavy atom. The van der Waals surface area contributed by atoms with E-state index in [-0.39, 0.29) is 5.82 Å². The summed E-state index contributed by atoms with van der Waals surface area (Å²) in [4.78, 5) is 18.9. The number of rotatable bonds is 5. The molecule has 0 saturated heterocycles. The standard InChI is InChI=1S/C16H13ClN4O2.CH5N/c1-23-16-14(12-3-2-4-13(17)6-12)5-11(7-18-16)8-21-10-19-15(9-22)20-21;1-2/h2-7,9-10H,8H2,1H3;2H2,1H3. The third kappa shape index (κ3) is 4.62. The summed E-state index contributed by atoms with van der Waals surface area (Å²) in [6.45, 7) is 0.450. The molecule has 0 radical (unpaired) electrons. The number of pyridine rings is 1. The van der Waals surface area contributed by atoms with Gasteiger partial charge >= 0.3 is 0 Å². The fourth-order valence-electron chi connectivity index (χ4n) is 2.23. The molecule has 0 aliphatic carbocycles. The van der Waals surface area contributed by atoms with E-state index < -0.39 is 0 Å². The highest BCUT2D eigenvalue weighted by Crippen LogP contribution is 2.30. The number of aldehydes is 1. The molecular formula is C17H18ClN5O2. The molecule has 3 aromatic rings. The van der Waals surface area contributed by atoms with Gasteiger partial charge in [0.15, 0.2) is 6.29 Å². The van der Waals surface area contributed by atoms with Crippen LogP contribution in [0.4, 0.5) is 0 Å². The Hall–Kier alpha value is -2.77. The highest BCUT2D eigenvalue weighted by atomic mass is 35.5. The second kappa shape index (κ2) is 8.91. The Bertz CT molecular complexity index is 851. The van der Waals surface area contributed by atoms with E-state index in [9.17, 15) is 4.79 Å². The van der Waals surface area contributed by atoms with Crippen LogP contribution in [0.5, 0.6) is 5.88 Å². The van der Waals surface area contributed by atoms with E-state index in [1.54, 1.807) is 18.0 Å². The highest BCUT2D eigenvalue weighted by Gasteiger charge is 2.10. The zero-order chi connectivity index (χ0) is 18.2. The number of halogens is 1. The Kier molecular flexibility index (Phi) is 6.62. The Labute approximate surface area is 150 Å². The lowest BCUT2D eigenvalue weighted by molar-refractivity contribution is 0.111. The number of hydrogen-bond donors (Lipinski definition) is 1. The van der Waals surface area contributed by atoms with Crippen molar-refractivity contribution in [3.8, 4) is 17.0 Å². The third-order valence-electron chi connectivity index (χ3n) is 3.24. The average molecular weight is 360 g/mol. The van der Waals surface area contributed by atoms with Crippen molar-refractivity contribution in [2.45, 2.75) is 6.54 Å². The van der Waals surface area contributed by atoms with Crippen molar-refractivity contribution in [1.29, 1.82) is 0 Å². The molecule has 0 spiro atoms.